The van der Waals surface area contributed by atoms with Crippen LogP contribution < -0.4 is 5.73 Å². The summed E-state index contributed by atoms with van der Waals surface area (Å²) in [5.41, 5.74) is 5.69. The van der Waals surface area contributed by atoms with Crippen molar-refractivity contribution in [1.29, 1.82) is 0 Å². The second-order valence-electron chi connectivity index (χ2n) is 8.60. The van der Waals surface area contributed by atoms with Gasteiger partial charge in [0.25, 0.3) is 5.92 Å². The number of unbranched alkanes of at least 4 members (excludes halogenated alkanes) is 3. The van der Waals surface area contributed by atoms with Crippen molar-refractivity contribution in [2.24, 2.45) is 5.73 Å². The molecule has 0 bridgehead atoms. The first-order valence-corrected chi connectivity index (χ1v) is 12.6. The molecular weight excluding hydrogens is 436 g/mol. The maximum absolute atomic E-state index is 15.2. The number of nitrogens with two attached hydrogens (primary N) is 1. The first kappa shape index (κ1) is 30.2. The normalized spacial score (nSPS) is 24.6. The second-order valence-corrected chi connectivity index (χ2v) is 8.60. The topological polar surface area (TPSA) is 89.2 Å². The summed E-state index contributed by atoms with van der Waals surface area (Å²) in [5.74, 6) is -4.18. The molecule has 0 aromatic heterocycles. The molecule has 1 aliphatic heterocycles. The molecular formula is C24H45F2NO6. The highest BCUT2D eigenvalue weighted by Gasteiger charge is 2.51. The van der Waals surface area contributed by atoms with Crippen molar-refractivity contribution in [3.63, 3.8) is 0 Å². The number of esters is 1. The fraction of sp³-hybridized carbons (Fsp3) is 0.958. The van der Waals surface area contributed by atoms with Gasteiger partial charge in [-0.05, 0) is 26.2 Å². The van der Waals surface area contributed by atoms with E-state index < -0.39 is 48.8 Å². The smallest absolute Gasteiger partial charge is 0.323 e. The highest BCUT2D eigenvalue weighted by atomic mass is 19.3. The third-order valence-electron chi connectivity index (χ3n) is 5.63. The molecule has 1 heterocycles. The van der Waals surface area contributed by atoms with Crippen LogP contribution in [0.15, 0.2) is 0 Å². The van der Waals surface area contributed by atoms with Crippen LogP contribution in [0, 0.1) is 0 Å². The molecule has 5 atom stereocenters. The molecule has 1 fully saturated rings. The fourth-order valence-corrected chi connectivity index (χ4v) is 3.66. The van der Waals surface area contributed by atoms with Crippen LogP contribution in [0.1, 0.15) is 79.1 Å². The fourth-order valence-electron chi connectivity index (χ4n) is 3.66. The summed E-state index contributed by atoms with van der Waals surface area (Å²) in [7, 11) is 0. The van der Waals surface area contributed by atoms with Crippen molar-refractivity contribution in [2.45, 2.75) is 115 Å². The zero-order valence-corrected chi connectivity index (χ0v) is 20.9. The van der Waals surface area contributed by atoms with Gasteiger partial charge in [0, 0.05) is 32.7 Å². The van der Waals surface area contributed by atoms with Crippen molar-refractivity contribution < 1.29 is 37.3 Å². The largest absolute Gasteiger partial charge is 0.465 e. The van der Waals surface area contributed by atoms with E-state index in [0.29, 0.717) is 19.8 Å². The first-order valence-electron chi connectivity index (χ1n) is 12.6. The zero-order valence-electron chi connectivity index (χ0n) is 20.9. The molecule has 1 aliphatic rings. The molecule has 0 amide bonds. The van der Waals surface area contributed by atoms with Gasteiger partial charge in [-0.1, -0.05) is 40.0 Å². The Hall–Kier alpha value is -0.870. The number of hydrogen-bond donors (Lipinski definition) is 1. The van der Waals surface area contributed by atoms with Gasteiger partial charge in [0.1, 0.15) is 24.4 Å². The molecule has 0 aliphatic carbocycles. The van der Waals surface area contributed by atoms with Crippen molar-refractivity contribution >= 4 is 5.97 Å². The number of ether oxygens (including phenoxy) is 5. The average Bonchev–Trinajstić information content (AvgIpc) is 2.77. The Labute approximate surface area is 198 Å². The minimum Gasteiger partial charge on any atom is -0.465 e. The zero-order chi connectivity index (χ0) is 24.7. The molecule has 2 N–H and O–H groups in total. The molecule has 7 nitrogen and oxygen atoms in total. The van der Waals surface area contributed by atoms with E-state index in [1.165, 1.54) is 0 Å². The van der Waals surface area contributed by atoms with Crippen LogP contribution in [0.3, 0.4) is 0 Å². The minimum atomic E-state index is -3.34. The third-order valence-corrected chi connectivity index (χ3v) is 5.63. The van der Waals surface area contributed by atoms with E-state index >= 15 is 8.78 Å². The van der Waals surface area contributed by atoms with Crippen LogP contribution in [0.2, 0.25) is 0 Å². The van der Waals surface area contributed by atoms with Gasteiger partial charge in [-0.3, -0.25) is 4.79 Å². The van der Waals surface area contributed by atoms with Gasteiger partial charge in [-0.2, -0.15) is 0 Å². The van der Waals surface area contributed by atoms with Gasteiger partial charge >= 0.3 is 5.97 Å². The Balaban J connectivity index is 2.99. The lowest BCUT2D eigenvalue weighted by Crippen LogP contribution is -2.57. The van der Waals surface area contributed by atoms with Gasteiger partial charge in [0.05, 0.1) is 19.3 Å². The van der Waals surface area contributed by atoms with Gasteiger partial charge in [-0.25, -0.2) is 8.78 Å². The summed E-state index contributed by atoms with van der Waals surface area (Å²) in [6.07, 6.45) is 1.29. The second kappa shape index (κ2) is 16.7. The Morgan fingerprint density at radius 1 is 1.03 bits per heavy atom. The summed E-state index contributed by atoms with van der Waals surface area (Å²) >= 11 is 0. The van der Waals surface area contributed by atoms with E-state index in [4.69, 9.17) is 29.4 Å². The molecule has 0 aromatic rings. The van der Waals surface area contributed by atoms with Crippen molar-refractivity contribution in [1.82, 2.24) is 0 Å². The summed E-state index contributed by atoms with van der Waals surface area (Å²) in [4.78, 5) is 11.8. The minimum absolute atomic E-state index is 0.0471. The number of rotatable bonds is 18. The predicted molar refractivity (Wildman–Crippen MR) is 122 cm³/mol. The summed E-state index contributed by atoms with van der Waals surface area (Å²) in [5, 5.41) is 0. The van der Waals surface area contributed by atoms with Gasteiger partial charge in [-0.15, -0.1) is 0 Å². The van der Waals surface area contributed by atoms with E-state index in [-0.39, 0.29) is 19.6 Å². The lowest BCUT2D eigenvalue weighted by molar-refractivity contribution is -0.260. The molecule has 0 spiro atoms. The number of hydrogen-bond acceptors (Lipinski definition) is 7. The van der Waals surface area contributed by atoms with Crippen LogP contribution in [-0.2, 0) is 28.5 Å². The van der Waals surface area contributed by atoms with Crippen LogP contribution >= 0.6 is 0 Å². The van der Waals surface area contributed by atoms with E-state index in [1.54, 1.807) is 6.92 Å². The summed E-state index contributed by atoms with van der Waals surface area (Å²) in [6, 6.07) is -1.43. The molecule has 0 radical (unpaired) electrons. The average molecular weight is 482 g/mol. The van der Waals surface area contributed by atoms with Crippen molar-refractivity contribution in [3.8, 4) is 0 Å². The Morgan fingerprint density at radius 2 is 1.64 bits per heavy atom. The number of alkyl halides is 2. The molecule has 0 saturated carbocycles. The number of carbonyl (C=O) groups is 1. The van der Waals surface area contributed by atoms with Gasteiger partial charge in [0.2, 0.25) is 0 Å². The summed E-state index contributed by atoms with van der Waals surface area (Å²) < 4.78 is 58.9. The van der Waals surface area contributed by atoms with Crippen LogP contribution in [0.5, 0.6) is 0 Å². The first-order chi connectivity index (χ1) is 15.8. The SMILES string of the molecule is CCCCOC[C@H]1O[C@H](C(F)(F)C[C@@H](N)C(=O)OCC)C[C@@H](OCCCC)[C@H]1OCCCC. The Kier molecular flexibility index (Phi) is 15.3. The van der Waals surface area contributed by atoms with Crippen LogP contribution in [0.25, 0.3) is 0 Å². The van der Waals surface area contributed by atoms with E-state index in [0.717, 1.165) is 38.5 Å². The molecule has 196 valence electrons. The van der Waals surface area contributed by atoms with Crippen molar-refractivity contribution in [3.05, 3.63) is 0 Å². The summed E-state index contributed by atoms with van der Waals surface area (Å²) in [6.45, 7) is 9.46. The van der Waals surface area contributed by atoms with Gasteiger partial charge in [0.15, 0.2) is 0 Å². The number of carbonyl (C=O) groups excluding carboxylic acids is 1. The molecule has 0 unspecified atom stereocenters. The lowest BCUT2D eigenvalue weighted by Gasteiger charge is -2.44. The van der Waals surface area contributed by atoms with E-state index in [1.807, 2.05) is 6.92 Å². The van der Waals surface area contributed by atoms with E-state index in [2.05, 4.69) is 13.8 Å². The quantitative estimate of drug-likeness (QED) is 0.231. The Morgan fingerprint density at radius 3 is 2.24 bits per heavy atom. The molecule has 1 rings (SSSR count). The standard InChI is InChI=1S/C24H45F2NO6/c1-5-9-12-29-17-20-22(32-14-11-7-3)19(31-13-10-6-2)15-21(33-20)24(25,26)16-18(27)23(28)30-8-4/h18-22H,5-17,27H2,1-4H3/t18-,19-,20-,21+,22-/m1/s1. The van der Waals surface area contributed by atoms with Crippen molar-refractivity contribution in [2.75, 3.05) is 33.0 Å². The third kappa shape index (κ3) is 10.9. The predicted octanol–water partition coefficient (Wildman–Crippen LogP) is 4.25. The lowest BCUT2D eigenvalue weighted by atomic mass is 9.91. The Bertz CT molecular complexity index is 525. The molecule has 0 aromatic carbocycles. The number of halogens is 2. The highest BCUT2D eigenvalue weighted by molar-refractivity contribution is 5.75. The molecule has 9 heteroatoms. The highest BCUT2D eigenvalue weighted by Crippen LogP contribution is 2.37. The maximum Gasteiger partial charge on any atom is 0.323 e. The molecule has 33 heavy (non-hydrogen) atoms. The van der Waals surface area contributed by atoms with Gasteiger partial charge < -0.3 is 29.4 Å². The van der Waals surface area contributed by atoms with E-state index in [9.17, 15) is 4.79 Å². The molecule has 1 saturated heterocycles. The monoisotopic (exact) mass is 481 g/mol. The maximum atomic E-state index is 15.2. The van der Waals surface area contributed by atoms with Crippen LogP contribution in [-0.4, -0.2) is 75.4 Å². The van der Waals surface area contributed by atoms with Crippen LogP contribution in [0.4, 0.5) is 8.78 Å².